The van der Waals surface area contributed by atoms with Crippen molar-refractivity contribution in [3.05, 3.63) is 71.8 Å². The molecule has 0 heterocycles. The Bertz CT molecular complexity index is 1080. The first kappa shape index (κ1) is 32.1. The lowest BCUT2D eigenvalue weighted by Gasteiger charge is -2.50. The molecule has 0 aromatic heterocycles. The topological polar surface area (TPSA) is 105 Å². The predicted molar refractivity (Wildman–Crippen MR) is 158 cm³/mol. The summed E-state index contributed by atoms with van der Waals surface area (Å²) in [7, 11) is -2.76. The molecule has 0 aliphatic rings. The monoisotopic (exact) mass is 554 g/mol. The second kappa shape index (κ2) is 13.3. The zero-order valence-corrected chi connectivity index (χ0v) is 25.7. The molecular weight excluding hydrogens is 508 g/mol. The van der Waals surface area contributed by atoms with Crippen LogP contribution in [0.15, 0.2) is 60.7 Å². The van der Waals surface area contributed by atoms with Crippen LogP contribution in [0.5, 0.6) is 0 Å². The summed E-state index contributed by atoms with van der Waals surface area (Å²) >= 11 is 0. The van der Waals surface area contributed by atoms with Crippen LogP contribution in [0.25, 0.3) is 0 Å². The molecule has 0 spiro atoms. The molecule has 2 aromatic carbocycles. The van der Waals surface area contributed by atoms with Crippen LogP contribution in [-0.2, 0) is 26.9 Å². The Kier molecular flexibility index (Phi) is 10.9. The van der Waals surface area contributed by atoms with Gasteiger partial charge in [0.2, 0.25) is 5.91 Å². The number of carbonyl (C=O) groups is 3. The van der Waals surface area contributed by atoms with Crippen LogP contribution < -0.4 is 10.6 Å². The molecule has 8 heteroatoms. The van der Waals surface area contributed by atoms with Crippen molar-refractivity contribution in [3.63, 3.8) is 0 Å². The minimum Gasteiger partial charge on any atom is -0.502 e. The SMILES string of the molecule is CC(C)C[Si](OC(=O)N[C@@H](Cc1ccccc1)C(=O)N[C@@H](Cc1ccccc1)C(=O)O)(C(C)(C)C)C(C)(C)C. The number of benzene rings is 2. The summed E-state index contributed by atoms with van der Waals surface area (Å²) in [5.41, 5.74) is 1.63. The fourth-order valence-corrected chi connectivity index (χ4v) is 11.1. The van der Waals surface area contributed by atoms with Gasteiger partial charge in [-0.15, -0.1) is 0 Å². The first-order valence-corrected chi connectivity index (χ1v) is 15.8. The van der Waals surface area contributed by atoms with Crippen molar-refractivity contribution in [1.82, 2.24) is 10.6 Å². The highest BCUT2D eigenvalue weighted by molar-refractivity contribution is 6.80. The summed E-state index contributed by atoms with van der Waals surface area (Å²) in [5.74, 6) is -1.39. The van der Waals surface area contributed by atoms with Crippen molar-refractivity contribution in [2.45, 2.75) is 96.4 Å². The molecule has 0 unspecified atom stereocenters. The molecule has 2 amide bonds. The molecule has 0 aliphatic heterocycles. The van der Waals surface area contributed by atoms with E-state index >= 15 is 0 Å². The second-order valence-corrected chi connectivity index (χ2v) is 18.1. The summed E-state index contributed by atoms with van der Waals surface area (Å²) in [4.78, 5) is 39.1. The summed E-state index contributed by atoms with van der Waals surface area (Å²) in [6.07, 6.45) is -0.315. The average molecular weight is 555 g/mol. The van der Waals surface area contributed by atoms with E-state index in [1.807, 2.05) is 60.7 Å². The Morgan fingerprint density at radius 3 is 1.59 bits per heavy atom. The minimum absolute atomic E-state index is 0.128. The third-order valence-corrected chi connectivity index (χ3v) is 13.9. The molecule has 0 radical (unpaired) electrons. The minimum atomic E-state index is -2.76. The normalized spacial score (nSPS) is 13.9. The molecule has 2 aromatic rings. The van der Waals surface area contributed by atoms with Gasteiger partial charge in [-0.1, -0.05) is 116 Å². The van der Waals surface area contributed by atoms with Gasteiger partial charge in [-0.25, -0.2) is 9.59 Å². The van der Waals surface area contributed by atoms with Crippen LogP contribution in [0, 0.1) is 5.92 Å². The maximum Gasteiger partial charge on any atom is 0.394 e. The van der Waals surface area contributed by atoms with E-state index in [1.54, 1.807) is 0 Å². The molecule has 0 saturated carbocycles. The van der Waals surface area contributed by atoms with E-state index in [9.17, 15) is 19.5 Å². The highest BCUT2D eigenvalue weighted by Gasteiger charge is 2.58. The van der Waals surface area contributed by atoms with E-state index in [1.165, 1.54) is 0 Å². The molecule has 2 atom stereocenters. The Labute approximate surface area is 234 Å². The fraction of sp³-hybridized carbons (Fsp3) is 0.516. The van der Waals surface area contributed by atoms with Crippen molar-refractivity contribution in [2.75, 3.05) is 0 Å². The van der Waals surface area contributed by atoms with Crippen LogP contribution >= 0.6 is 0 Å². The van der Waals surface area contributed by atoms with Gasteiger partial charge in [-0.05, 0) is 33.2 Å². The van der Waals surface area contributed by atoms with Crippen molar-refractivity contribution < 1.29 is 23.9 Å². The van der Waals surface area contributed by atoms with Gasteiger partial charge in [0.05, 0.1) is 0 Å². The average Bonchev–Trinajstić information content (AvgIpc) is 2.82. The van der Waals surface area contributed by atoms with Gasteiger partial charge in [0, 0.05) is 12.8 Å². The molecular formula is C31H46N2O5Si. The first-order valence-electron chi connectivity index (χ1n) is 13.7. The summed E-state index contributed by atoms with van der Waals surface area (Å²) in [5, 5.41) is 14.8. The number of amides is 2. The molecule has 3 N–H and O–H groups in total. The van der Waals surface area contributed by atoms with Crippen molar-refractivity contribution in [1.29, 1.82) is 0 Å². The number of carboxylic acid groups (broad SMARTS) is 1. The van der Waals surface area contributed by atoms with E-state index in [4.69, 9.17) is 4.43 Å². The van der Waals surface area contributed by atoms with Crippen LogP contribution in [0.2, 0.25) is 16.1 Å². The maximum absolute atomic E-state index is 13.6. The molecule has 0 saturated heterocycles. The number of rotatable bonds is 11. The number of aliphatic carboxylic acids is 1. The predicted octanol–water partition coefficient (Wildman–Crippen LogP) is 6.34. The van der Waals surface area contributed by atoms with E-state index in [-0.39, 0.29) is 22.9 Å². The molecule has 0 fully saturated rings. The van der Waals surface area contributed by atoms with Gasteiger partial charge < -0.3 is 20.2 Å². The van der Waals surface area contributed by atoms with Gasteiger partial charge >= 0.3 is 12.1 Å². The lowest BCUT2D eigenvalue weighted by atomic mass is 10.0. The van der Waals surface area contributed by atoms with Crippen LogP contribution in [0.3, 0.4) is 0 Å². The largest absolute Gasteiger partial charge is 0.502 e. The smallest absolute Gasteiger partial charge is 0.394 e. The highest BCUT2D eigenvalue weighted by atomic mass is 28.4. The molecule has 214 valence electrons. The van der Waals surface area contributed by atoms with Crippen molar-refractivity contribution >= 4 is 26.3 Å². The lowest BCUT2D eigenvalue weighted by molar-refractivity contribution is -0.142. The Morgan fingerprint density at radius 1 is 0.769 bits per heavy atom. The molecule has 0 bridgehead atoms. The molecule has 2 rings (SSSR count). The van der Waals surface area contributed by atoms with Gasteiger partial charge in [-0.3, -0.25) is 4.79 Å². The number of nitrogens with one attached hydrogen (secondary N) is 2. The number of hydrogen-bond acceptors (Lipinski definition) is 4. The van der Waals surface area contributed by atoms with Gasteiger partial charge in [0.25, 0.3) is 8.32 Å². The summed E-state index contributed by atoms with van der Waals surface area (Å²) in [6.45, 7) is 17.0. The maximum atomic E-state index is 13.6. The van der Waals surface area contributed by atoms with Gasteiger partial charge in [0.15, 0.2) is 0 Å². The fourth-order valence-electron chi connectivity index (χ4n) is 5.37. The van der Waals surface area contributed by atoms with E-state index in [0.29, 0.717) is 5.92 Å². The van der Waals surface area contributed by atoms with Crippen LogP contribution in [-0.4, -0.2) is 43.5 Å². The van der Waals surface area contributed by atoms with Gasteiger partial charge in [0.1, 0.15) is 12.1 Å². The first-order chi connectivity index (χ1) is 18.1. The molecule has 0 aliphatic carbocycles. The summed E-state index contributed by atoms with van der Waals surface area (Å²) < 4.78 is 6.44. The zero-order chi connectivity index (χ0) is 29.4. The number of hydrogen-bond donors (Lipinski definition) is 3. The highest BCUT2D eigenvalue weighted by Crippen LogP contribution is 2.55. The summed E-state index contributed by atoms with van der Waals surface area (Å²) in [6, 6.07) is 17.1. The van der Waals surface area contributed by atoms with Crippen LogP contribution in [0.4, 0.5) is 4.79 Å². The third kappa shape index (κ3) is 8.95. The Balaban J connectivity index is 2.35. The van der Waals surface area contributed by atoms with Crippen molar-refractivity contribution in [2.24, 2.45) is 5.92 Å². The molecule has 7 nitrogen and oxygen atoms in total. The van der Waals surface area contributed by atoms with E-state index in [0.717, 1.165) is 17.2 Å². The number of carboxylic acids is 1. The van der Waals surface area contributed by atoms with Crippen LogP contribution in [0.1, 0.15) is 66.5 Å². The van der Waals surface area contributed by atoms with Gasteiger partial charge in [-0.2, -0.15) is 0 Å². The number of carbonyl (C=O) groups excluding carboxylic acids is 2. The third-order valence-electron chi connectivity index (χ3n) is 7.17. The van der Waals surface area contributed by atoms with E-state index in [2.05, 4.69) is 66.0 Å². The van der Waals surface area contributed by atoms with E-state index < -0.39 is 38.4 Å². The Morgan fingerprint density at radius 2 is 1.21 bits per heavy atom. The lowest BCUT2D eigenvalue weighted by Crippen LogP contribution is -2.59. The zero-order valence-electron chi connectivity index (χ0n) is 24.7. The standard InChI is InChI=1S/C31H46N2O5Si/c1-22(2)21-39(30(3,4)5,31(6,7)8)38-29(37)33-25(19-23-15-11-9-12-16-23)27(34)32-26(28(35)36)20-24-17-13-10-14-18-24/h9-18,22,25-26H,19-21H2,1-8H3,(H,32,34)(H,33,37)(H,35,36)/t25-,26-/m0/s1. The molecule has 39 heavy (non-hydrogen) atoms. The Hall–Kier alpha value is -3.13. The second-order valence-electron chi connectivity index (χ2n) is 12.8. The quantitative estimate of drug-likeness (QED) is 0.281. The van der Waals surface area contributed by atoms with Crippen molar-refractivity contribution in [3.8, 4) is 0 Å².